The largest absolute Gasteiger partial charge is 0.367 e. The summed E-state index contributed by atoms with van der Waals surface area (Å²) in [5.41, 5.74) is 0.620. The Morgan fingerprint density at radius 2 is 2.35 bits per heavy atom. The molecule has 1 aromatic heterocycles. The van der Waals surface area contributed by atoms with E-state index in [0.717, 1.165) is 31.7 Å². The standard InChI is InChI=1S/C14H21ClN4O/c1-2-6-19-14(20)13(15)12(7-17-19)18-8-10-4-3-5-16-11(10)9-18/h7,10-11,16H,2-6,8-9H2,1H3. The second-order valence-corrected chi connectivity index (χ2v) is 6.12. The maximum Gasteiger partial charge on any atom is 0.287 e. The van der Waals surface area contributed by atoms with Crippen molar-refractivity contribution < 1.29 is 0 Å². The monoisotopic (exact) mass is 296 g/mol. The zero-order chi connectivity index (χ0) is 14.1. The molecule has 6 heteroatoms. The Hall–Kier alpha value is -1.07. The number of aryl methyl sites for hydroxylation is 1. The number of anilines is 1. The first-order valence-corrected chi connectivity index (χ1v) is 7.82. The highest BCUT2D eigenvalue weighted by atomic mass is 35.5. The van der Waals surface area contributed by atoms with E-state index in [1.54, 1.807) is 6.20 Å². The lowest BCUT2D eigenvalue weighted by Gasteiger charge is -2.24. The summed E-state index contributed by atoms with van der Waals surface area (Å²) in [7, 11) is 0. The molecule has 2 fully saturated rings. The van der Waals surface area contributed by atoms with Gasteiger partial charge in [-0.2, -0.15) is 5.10 Å². The van der Waals surface area contributed by atoms with Crippen molar-refractivity contribution in [1.29, 1.82) is 0 Å². The number of halogens is 1. The Kier molecular flexibility index (Phi) is 3.98. The van der Waals surface area contributed by atoms with Crippen LogP contribution in [0, 0.1) is 5.92 Å². The number of rotatable bonds is 3. The molecule has 2 aliphatic rings. The third kappa shape index (κ3) is 2.44. The van der Waals surface area contributed by atoms with Gasteiger partial charge in [-0.1, -0.05) is 18.5 Å². The maximum absolute atomic E-state index is 12.2. The lowest BCUT2D eigenvalue weighted by Crippen LogP contribution is -2.40. The molecule has 2 saturated heterocycles. The fraction of sp³-hybridized carbons (Fsp3) is 0.714. The van der Waals surface area contributed by atoms with Crippen LogP contribution >= 0.6 is 11.6 Å². The van der Waals surface area contributed by atoms with Crippen LogP contribution in [0.15, 0.2) is 11.0 Å². The van der Waals surface area contributed by atoms with Gasteiger partial charge >= 0.3 is 0 Å². The molecule has 0 saturated carbocycles. The summed E-state index contributed by atoms with van der Waals surface area (Å²) in [6.07, 6.45) is 5.11. The second-order valence-electron chi connectivity index (χ2n) is 5.74. The summed E-state index contributed by atoms with van der Waals surface area (Å²) < 4.78 is 1.45. The molecule has 0 aliphatic carbocycles. The van der Waals surface area contributed by atoms with Crippen molar-refractivity contribution >= 4 is 17.3 Å². The van der Waals surface area contributed by atoms with Gasteiger partial charge in [-0.25, -0.2) is 4.68 Å². The average Bonchev–Trinajstić information content (AvgIpc) is 2.88. The van der Waals surface area contributed by atoms with Crippen LogP contribution < -0.4 is 15.8 Å². The molecule has 2 atom stereocenters. The Balaban J connectivity index is 1.84. The first-order valence-electron chi connectivity index (χ1n) is 7.44. The van der Waals surface area contributed by atoms with Crippen LogP contribution in [-0.4, -0.2) is 35.5 Å². The third-order valence-electron chi connectivity index (χ3n) is 4.34. The van der Waals surface area contributed by atoms with Gasteiger partial charge in [-0.3, -0.25) is 4.79 Å². The summed E-state index contributed by atoms with van der Waals surface area (Å²) >= 11 is 6.28. The predicted octanol–water partition coefficient (Wildman–Crippen LogP) is 1.49. The molecule has 5 nitrogen and oxygen atoms in total. The average molecular weight is 297 g/mol. The number of piperidine rings is 1. The quantitative estimate of drug-likeness (QED) is 0.918. The highest BCUT2D eigenvalue weighted by molar-refractivity contribution is 6.33. The first kappa shape index (κ1) is 13.9. The van der Waals surface area contributed by atoms with Gasteiger partial charge < -0.3 is 10.2 Å². The molecule has 0 radical (unpaired) electrons. The topological polar surface area (TPSA) is 50.2 Å². The van der Waals surface area contributed by atoms with Crippen molar-refractivity contribution in [2.24, 2.45) is 5.92 Å². The highest BCUT2D eigenvalue weighted by Gasteiger charge is 2.35. The van der Waals surface area contributed by atoms with Gasteiger partial charge in [-0.05, 0) is 31.7 Å². The van der Waals surface area contributed by atoms with E-state index in [1.165, 1.54) is 17.5 Å². The van der Waals surface area contributed by atoms with Gasteiger partial charge in [0.2, 0.25) is 0 Å². The van der Waals surface area contributed by atoms with E-state index >= 15 is 0 Å². The molecule has 1 aromatic rings. The molecule has 0 bridgehead atoms. The van der Waals surface area contributed by atoms with Crippen molar-refractivity contribution in [2.75, 3.05) is 24.5 Å². The van der Waals surface area contributed by atoms with Crippen LogP contribution in [-0.2, 0) is 6.54 Å². The number of hydrogen-bond acceptors (Lipinski definition) is 4. The van der Waals surface area contributed by atoms with Gasteiger partial charge in [0.25, 0.3) is 5.56 Å². The van der Waals surface area contributed by atoms with E-state index in [2.05, 4.69) is 15.3 Å². The first-order chi connectivity index (χ1) is 9.70. The summed E-state index contributed by atoms with van der Waals surface area (Å²) in [5.74, 6) is 0.665. The minimum Gasteiger partial charge on any atom is -0.367 e. The van der Waals surface area contributed by atoms with Crippen LogP contribution in [0.2, 0.25) is 5.02 Å². The van der Waals surface area contributed by atoms with E-state index in [0.29, 0.717) is 23.5 Å². The van der Waals surface area contributed by atoms with Crippen molar-refractivity contribution in [1.82, 2.24) is 15.1 Å². The normalized spacial score (nSPS) is 25.8. The summed E-state index contributed by atoms with van der Waals surface area (Å²) in [4.78, 5) is 14.4. The van der Waals surface area contributed by atoms with E-state index in [4.69, 9.17) is 11.6 Å². The van der Waals surface area contributed by atoms with Crippen molar-refractivity contribution in [3.63, 3.8) is 0 Å². The van der Waals surface area contributed by atoms with Crippen LogP contribution in [0.5, 0.6) is 0 Å². The molecule has 2 unspecified atom stereocenters. The minimum absolute atomic E-state index is 0.172. The number of aromatic nitrogens is 2. The Labute approximate surface area is 123 Å². The van der Waals surface area contributed by atoms with Crippen molar-refractivity contribution in [3.8, 4) is 0 Å². The molecule has 0 aromatic carbocycles. The molecule has 3 rings (SSSR count). The molecule has 20 heavy (non-hydrogen) atoms. The highest BCUT2D eigenvalue weighted by Crippen LogP contribution is 2.31. The third-order valence-corrected chi connectivity index (χ3v) is 4.70. The smallest absolute Gasteiger partial charge is 0.287 e. The lowest BCUT2D eigenvalue weighted by atomic mass is 9.94. The van der Waals surface area contributed by atoms with E-state index < -0.39 is 0 Å². The van der Waals surface area contributed by atoms with Crippen LogP contribution in [0.1, 0.15) is 26.2 Å². The fourth-order valence-corrected chi connectivity index (χ4v) is 3.56. The fourth-order valence-electron chi connectivity index (χ4n) is 3.29. The van der Waals surface area contributed by atoms with Crippen LogP contribution in [0.25, 0.3) is 0 Å². The van der Waals surface area contributed by atoms with Crippen LogP contribution in [0.4, 0.5) is 5.69 Å². The molecular weight excluding hydrogens is 276 g/mol. The van der Waals surface area contributed by atoms with Gasteiger partial charge in [0.1, 0.15) is 5.02 Å². The Bertz CT molecular complexity index is 530. The number of nitrogens with one attached hydrogen (secondary N) is 1. The molecule has 3 heterocycles. The summed E-state index contributed by atoms with van der Waals surface area (Å²) in [5, 5.41) is 8.12. The Morgan fingerprint density at radius 1 is 1.50 bits per heavy atom. The summed E-state index contributed by atoms with van der Waals surface area (Å²) in [6, 6.07) is 0.526. The van der Waals surface area contributed by atoms with E-state index in [1.807, 2.05) is 6.92 Å². The van der Waals surface area contributed by atoms with E-state index in [9.17, 15) is 4.79 Å². The minimum atomic E-state index is -0.172. The molecule has 2 aliphatic heterocycles. The number of hydrogen-bond donors (Lipinski definition) is 1. The van der Waals surface area contributed by atoms with Crippen molar-refractivity contribution in [2.45, 2.75) is 38.8 Å². The lowest BCUT2D eigenvalue weighted by molar-refractivity contribution is 0.340. The maximum atomic E-state index is 12.2. The Morgan fingerprint density at radius 3 is 3.10 bits per heavy atom. The predicted molar refractivity (Wildman–Crippen MR) is 80.5 cm³/mol. The second kappa shape index (κ2) is 5.74. The molecule has 0 spiro atoms. The number of fused-ring (bicyclic) bond motifs is 1. The number of nitrogens with zero attached hydrogens (tertiary/aromatic N) is 3. The van der Waals surface area contributed by atoms with Crippen molar-refractivity contribution in [3.05, 3.63) is 21.6 Å². The zero-order valence-electron chi connectivity index (χ0n) is 11.8. The van der Waals surface area contributed by atoms with Gasteiger partial charge in [-0.15, -0.1) is 0 Å². The molecule has 110 valence electrons. The van der Waals surface area contributed by atoms with Gasteiger partial charge in [0.05, 0.1) is 11.9 Å². The molecule has 0 amide bonds. The van der Waals surface area contributed by atoms with Gasteiger partial charge in [0.15, 0.2) is 0 Å². The SMILES string of the molecule is CCCn1ncc(N2CC3CCCNC3C2)c(Cl)c1=O. The molecular formula is C14H21ClN4O. The summed E-state index contributed by atoms with van der Waals surface area (Å²) in [6.45, 7) is 5.62. The van der Waals surface area contributed by atoms with E-state index in [-0.39, 0.29) is 5.56 Å². The zero-order valence-corrected chi connectivity index (χ0v) is 12.6. The van der Waals surface area contributed by atoms with Crippen LogP contribution in [0.3, 0.4) is 0 Å². The molecule has 1 N–H and O–H groups in total. The van der Waals surface area contributed by atoms with Gasteiger partial charge in [0, 0.05) is 25.7 Å².